The normalized spacial score (nSPS) is 18.9. The smallest absolute Gasteiger partial charge is 0.305 e. The fraction of sp³-hybridized carbons (Fsp3) is 0.415. The summed E-state index contributed by atoms with van der Waals surface area (Å²) in [6, 6.07) is 13.2. The summed E-state index contributed by atoms with van der Waals surface area (Å²) in [5.41, 5.74) is 8.10. The van der Waals surface area contributed by atoms with Crippen LogP contribution in [0.3, 0.4) is 0 Å². The highest BCUT2D eigenvalue weighted by atomic mass is 16.4. The zero-order chi connectivity index (χ0) is 55.9. The van der Waals surface area contributed by atoms with Crippen LogP contribution in [0.15, 0.2) is 85.1 Å². The van der Waals surface area contributed by atoms with Gasteiger partial charge >= 0.3 is 5.97 Å². The van der Waals surface area contributed by atoms with Crippen LogP contribution in [0.25, 0.3) is 10.9 Å². The van der Waals surface area contributed by atoms with E-state index in [0.29, 0.717) is 34.0 Å². The van der Waals surface area contributed by atoms with Crippen molar-refractivity contribution in [1.29, 1.82) is 0 Å². The lowest BCUT2D eigenvalue weighted by atomic mass is 10.0. The third-order valence-corrected chi connectivity index (χ3v) is 12.5. The van der Waals surface area contributed by atoms with E-state index in [1.165, 1.54) is 19.1 Å². The number of aromatic amines is 1. The highest BCUT2D eigenvalue weighted by Gasteiger charge is 2.33. The van der Waals surface area contributed by atoms with Crippen LogP contribution in [0.2, 0.25) is 0 Å². The second-order valence-electron chi connectivity index (χ2n) is 18.7. The number of para-hydroxylation sites is 1. The Balaban J connectivity index is 1.41. The fourth-order valence-corrected chi connectivity index (χ4v) is 8.48. The number of benzene rings is 3. The molecule has 0 radical (unpaired) electrons. The highest BCUT2D eigenvalue weighted by Crippen LogP contribution is 2.20. The first-order chi connectivity index (χ1) is 36.8. The summed E-state index contributed by atoms with van der Waals surface area (Å²) in [5, 5.41) is 43.6. The largest absolute Gasteiger partial charge is 0.508 e. The number of nitrogens with two attached hydrogens (primary N) is 1. The van der Waals surface area contributed by atoms with E-state index in [9.17, 15) is 63.0 Å². The minimum absolute atomic E-state index is 0.00686. The maximum absolute atomic E-state index is 14.5. The number of nitrogens with one attached hydrogen (secondary N) is 10. The number of aromatic hydroxyl groups is 1. The molecule has 5 rings (SSSR count). The second-order valence-corrected chi connectivity index (χ2v) is 18.7. The van der Waals surface area contributed by atoms with Crippen molar-refractivity contribution in [3.05, 3.63) is 102 Å². The van der Waals surface area contributed by atoms with Crippen molar-refractivity contribution in [2.75, 3.05) is 19.6 Å². The molecule has 4 aromatic rings. The van der Waals surface area contributed by atoms with Crippen LogP contribution in [0.4, 0.5) is 0 Å². The number of carboxylic acid groups (broad SMARTS) is 1. The van der Waals surface area contributed by atoms with E-state index in [1.807, 2.05) is 0 Å². The Labute approximate surface area is 443 Å². The summed E-state index contributed by atoms with van der Waals surface area (Å²) < 4.78 is 0. The Morgan fingerprint density at radius 1 is 0.662 bits per heavy atom. The molecule has 24 heteroatoms. The number of carboxylic acids is 1. The van der Waals surface area contributed by atoms with Gasteiger partial charge in [-0.2, -0.15) is 0 Å². The van der Waals surface area contributed by atoms with Gasteiger partial charge in [0.05, 0.1) is 13.0 Å². The summed E-state index contributed by atoms with van der Waals surface area (Å²) in [7, 11) is 0. The molecule has 1 aliphatic rings. The Morgan fingerprint density at radius 2 is 1.29 bits per heavy atom. The first-order valence-electron chi connectivity index (χ1n) is 25.3. The highest BCUT2D eigenvalue weighted by molar-refractivity contribution is 5.98. The van der Waals surface area contributed by atoms with E-state index in [2.05, 4.69) is 52.8 Å². The van der Waals surface area contributed by atoms with Crippen LogP contribution in [-0.2, 0) is 72.0 Å². The van der Waals surface area contributed by atoms with E-state index >= 15 is 0 Å². The molecule has 3 aromatic carbocycles. The van der Waals surface area contributed by atoms with Crippen LogP contribution < -0.4 is 53.6 Å². The van der Waals surface area contributed by atoms with Crippen LogP contribution in [0, 0.1) is 0 Å². The Morgan fingerprint density at radius 3 is 1.94 bits per heavy atom. The van der Waals surface area contributed by atoms with Crippen LogP contribution >= 0.6 is 0 Å². The molecule has 412 valence electrons. The number of hydrogen-bond donors (Lipinski definition) is 13. The number of aliphatic carboxylic acids is 1. The van der Waals surface area contributed by atoms with Crippen molar-refractivity contribution < 1.29 is 63.0 Å². The second kappa shape index (κ2) is 29.9. The molecule has 1 saturated heterocycles. The van der Waals surface area contributed by atoms with E-state index in [1.54, 1.807) is 72.9 Å². The predicted octanol–water partition coefficient (Wildman–Crippen LogP) is -0.727. The first-order valence-corrected chi connectivity index (χ1v) is 25.3. The Hall–Kier alpha value is -8.83. The molecule has 1 aliphatic heterocycles. The van der Waals surface area contributed by atoms with Gasteiger partial charge in [-0.25, -0.2) is 0 Å². The van der Waals surface area contributed by atoms with Gasteiger partial charge in [-0.1, -0.05) is 60.7 Å². The van der Waals surface area contributed by atoms with E-state index in [0.717, 1.165) is 0 Å². The number of hydrogen-bond acceptors (Lipinski definition) is 12. The molecule has 77 heavy (non-hydrogen) atoms. The number of phenolic OH excluding ortho intramolecular Hbond substituents is 1. The van der Waals surface area contributed by atoms with Crippen LogP contribution in [0.1, 0.15) is 81.4 Å². The Kier molecular flexibility index (Phi) is 22.9. The van der Waals surface area contributed by atoms with Gasteiger partial charge < -0.3 is 68.8 Å². The Bertz CT molecular complexity index is 2730. The number of aromatic nitrogens is 1. The maximum atomic E-state index is 14.5. The van der Waals surface area contributed by atoms with Crippen molar-refractivity contribution in [3.63, 3.8) is 0 Å². The number of fused-ring (bicyclic) bond motifs is 1. The summed E-state index contributed by atoms with van der Waals surface area (Å²) >= 11 is 0. The van der Waals surface area contributed by atoms with Crippen molar-refractivity contribution in [2.45, 2.75) is 120 Å². The minimum Gasteiger partial charge on any atom is -0.508 e. The zero-order valence-corrected chi connectivity index (χ0v) is 42.6. The summed E-state index contributed by atoms with van der Waals surface area (Å²) in [4.78, 5) is 149. The third-order valence-electron chi connectivity index (χ3n) is 12.5. The van der Waals surface area contributed by atoms with Gasteiger partial charge in [0.15, 0.2) is 0 Å². The molecule has 0 aliphatic carbocycles. The predicted molar refractivity (Wildman–Crippen MR) is 279 cm³/mol. The topological polar surface area (TPSA) is 378 Å². The quantitative estimate of drug-likeness (QED) is 0.0660. The van der Waals surface area contributed by atoms with Crippen LogP contribution in [0.5, 0.6) is 5.75 Å². The SMILES string of the molecule is CC(=O)N[C@@H](Cc1ccc(O)cc1)C(=O)N[C@H]1CCCCNC(=O)CCC(=O)NCCCC[C@@H](C(=O)N[C@@H](CC(=O)O)C(=O)N[C@@H](Cc2ccccc2)C(N)=O)NC(=O)C(Cc2c[nH]c3ccccc23)NC(=O)CNC1=O. The minimum atomic E-state index is -1.77. The summed E-state index contributed by atoms with van der Waals surface area (Å²) in [6.45, 7) is 0.777. The molecule has 0 saturated carbocycles. The molecule has 10 amide bonds. The third kappa shape index (κ3) is 20.1. The van der Waals surface area contributed by atoms with Crippen molar-refractivity contribution in [1.82, 2.24) is 52.8 Å². The molecule has 0 bridgehead atoms. The lowest BCUT2D eigenvalue weighted by molar-refractivity contribution is -0.141. The zero-order valence-electron chi connectivity index (χ0n) is 42.6. The summed E-state index contributed by atoms with van der Waals surface area (Å²) in [6.07, 6.45) is 1.11. The average Bonchev–Trinajstić information content (AvgIpc) is 3.81. The molecule has 6 atom stereocenters. The molecule has 24 nitrogen and oxygen atoms in total. The number of amides is 10. The number of carbonyl (C=O) groups excluding carboxylic acids is 10. The molecule has 2 heterocycles. The van der Waals surface area contributed by atoms with Crippen molar-refractivity contribution in [3.8, 4) is 5.75 Å². The number of primary amides is 1. The molecule has 1 fully saturated rings. The van der Waals surface area contributed by atoms with E-state index < -0.39 is 114 Å². The molecule has 1 aromatic heterocycles. The van der Waals surface area contributed by atoms with Gasteiger partial charge in [0, 0.05) is 69.2 Å². The maximum Gasteiger partial charge on any atom is 0.305 e. The fourth-order valence-electron chi connectivity index (χ4n) is 8.48. The molecule has 0 spiro atoms. The standard InChI is InChI=1S/C53H67N11O13/c1-31(65)59-41(26-33-17-19-35(66)20-18-33)51(75)61-38-15-7-9-23-55-44(67)21-22-45(68)56-24-10-8-16-39(50(74)64-43(28-47(70)71)53(77)63-40(48(54)72)25-32-11-3-2-4-12-32)62-52(76)42(60-46(69)30-58-49(38)73)27-34-29-57-37-14-6-5-13-36(34)37/h2-6,11-14,17-20,29,38-43,57,66H,7-10,15-16,21-28,30H2,1H3,(H2,54,72)(H,55,67)(H,56,68)(H,58,73)(H,59,65)(H,60,69)(H,61,75)(H,62,76)(H,63,77)(H,64,74)(H,70,71)/t38-,39-,40-,41-,42?,43-/m0/s1. The van der Waals surface area contributed by atoms with Gasteiger partial charge in [-0.3, -0.25) is 52.7 Å². The monoisotopic (exact) mass is 1070 g/mol. The van der Waals surface area contributed by atoms with Crippen molar-refractivity contribution in [2.24, 2.45) is 5.73 Å². The van der Waals surface area contributed by atoms with Crippen LogP contribution in [-0.4, -0.2) is 136 Å². The number of rotatable bonds is 16. The first kappa shape index (κ1) is 59.1. The van der Waals surface area contributed by atoms with Gasteiger partial charge in [0.25, 0.3) is 0 Å². The number of carbonyl (C=O) groups is 11. The van der Waals surface area contributed by atoms with Gasteiger partial charge in [0.2, 0.25) is 59.1 Å². The molecular formula is C53H67N11O13. The van der Waals surface area contributed by atoms with Gasteiger partial charge in [0.1, 0.15) is 42.0 Å². The van der Waals surface area contributed by atoms with E-state index in [4.69, 9.17) is 5.73 Å². The number of phenols is 1. The number of H-pyrrole nitrogens is 1. The van der Waals surface area contributed by atoms with Gasteiger partial charge in [-0.15, -0.1) is 0 Å². The summed E-state index contributed by atoms with van der Waals surface area (Å²) in [5.74, 6) is -9.18. The molecule has 14 N–H and O–H groups in total. The van der Waals surface area contributed by atoms with E-state index in [-0.39, 0.29) is 83.0 Å². The molecular weight excluding hydrogens is 999 g/mol. The lowest BCUT2D eigenvalue weighted by Gasteiger charge is -2.26. The molecule has 1 unspecified atom stereocenters. The van der Waals surface area contributed by atoms with Gasteiger partial charge in [-0.05, 0) is 73.4 Å². The lowest BCUT2D eigenvalue weighted by Crippen LogP contribution is -2.59. The van der Waals surface area contributed by atoms with Crippen molar-refractivity contribution >= 4 is 75.9 Å². The average molecular weight is 1070 g/mol.